The van der Waals surface area contributed by atoms with Gasteiger partial charge in [0.2, 0.25) is 0 Å². The first-order valence-corrected chi connectivity index (χ1v) is 12.4. The highest BCUT2D eigenvalue weighted by Crippen LogP contribution is 2.34. The van der Waals surface area contributed by atoms with Gasteiger partial charge >= 0.3 is 5.97 Å². The van der Waals surface area contributed by atoms with Gasteiger partial charge in [0.25, 0.3) is 15.9 Å². The Morgan fingerprint density at radius 3 is 2.55 bits per heavy atom. The normalized spacial score (nSPS) is 15.2. The Labute approximate surface area is 204 Å². The third-order valence-electron chi connectivity index (χ3n) is 4.05. The molecular weight excluding hydrogens is 512 g/mol. The number of hydrogen-bond donors (Lipinski definition) is 2. The number of carboxylic acid groups (broad SMARTS) is 1. The van der Waals surface area contributed by atoms with E-state index in [0.717, 1.165) is 16.8 Å². The summed E-state index contributed by atoms with van der Waals surface area (Å²) in [5.41, 5.74) is 0.544. The average molecular weight is 529 g/mol. The number of rotatable bonds is 9. The standard InChI is InChI=1S/C20H17ClN2O7S3/c1-2-29-16-9-12(3-8-15(16)30-11-18(24)25)10-17-19(26)23(20(31)32-17)22-33(27,28)14-6-4-13(21)5-7-14/h3-10,22H,2,11H2,1H3,(H,24,25)/b17-10+. The molecule has 1 saturated heterocycles. The van der Waals surface area contributed by atoms with Crippen LogP contribution in [0.5, 0.6) is 11.5 Å². The number of nitrogens with one attached hydrogen (secondary N) is 1. The van der Waals surface area contributed by atoms with E-state index in [-0.39, 0.29) is 19.9 Å². The Morgan fingerprint density at radius 1 is 1.21 bits per heavy atom. The summed E-state index contributed by atoms with van der Waals surface area (Å²) >= 11 is 11.9. The van der Waals surface area contributed by atoms with E-state index in [2.05, 4.69) is 4.83 Å². The first-order valence-electron chi connectivity index (χ1n) is 9.28. The molecule has 0 unspecified atom stereocenters. The average Bonchev–Trinajstić information content (AvgIpc) is 3.00. The molecule has 3 rings (SSSR count). The molecular formula is C20H17ClN2O7S3. The van der Waals surface area contributed by atoms with Crippen LogP contribution in [0.1, 0.15) is 12.5 Å². The number of hydrogen-bond acceptors (Lipinski definition) is 8. The van der Waals surface area contributed by atoms with Crippen LogP contribution < -0.4 is 14.3 Å². The van der Waals surface area contributed by atoms with Crippen molar-refractivity contribution < 1.29 is 32.6 Å². The van der Waals surface area contributed by atoms with E-state index in [0.29, 0.717) is 22.9 Å². The fraction of sp³-hybridized carbons (Fsp3) is 0.150. The molecule has 0 saturated carbocycles. The van der Waals surface area contributed by atoms with E-state index in [1.165, 1.54) is 36.4 Å². The third kappa shape index (κ3) is 6.24. The molecule has 0 bridgehead atoms. The van der Waals surface area contributed by atoms with Gasteiger partial charge < -0.3 is 14.6 Å². The molecule has 1 fully saturated rings. The number of halogens is 1. The van der Waals surface area contributed by atoms with Crippen molar-refractivity contribution in [3.8, 4) is 11.5 Å². The number of benzene rings is 2. The molecule has 1 heterocycles. The Balaban J connectivity index is 1.82. The van der Waals surface area contributed by atoms with Crippen molar-refractivity contribution in [1.82, 2.24) is 9.84 Å². The lowest BCUT2D eigenvalue weighted by Gasteiger charge is -2.16. The van der Waals surface area contributed by atoms with Crippen molar-refractivity contribution in [2.45, 2.75) is 11.8 Å². The maximum Gasteiger partial charge on any atom is 0.341 e. The number of thioether (sulfide) groups is 1. The van der Waals surface area contributed by atoms with Gasteiger partial charge in [0.15, 0.2) is 22.4 Å². The van der Waals surface area contributed by atoms with Gasteiger partial charge in [0, 0.05) is 5.02 Å². The molecule has 0 aromatic heterocycles. The van der Waals surface area contributed by atoms with Crippen LogP contribution in [-0.2, 0) is 19.6 Å². The van der Waals surface area contributed by atoms with Gasteiger partial charge in [-0.25, -0.2) is 18.2 Å². The van der Waals surface area contributed by atoms with Crippen LogP contribution >= 0.6 is 35.6 Å². The highest BCUT2D eigenvalue weighted by molar-refractivity contribution is 8.26. The molecule has 2 aromatic rings. The van der Waals surface area contributed by atoms with Crippen LogP contribution in [0.4, 0.5) is 0 Å². The molecule has 174 valence electrons. The number of hydrazine groups is 1. The summed E-state index contributed by atoms with van der Waals surface area (Å²) in [6.07, 6.45) is 1.51. The first kappa shape index (κ1) is 25.0. The van der Waals surface area contributed by atoms with Gasteiger partial charge in [-0.15, -0.1) is 4.83 Å². The Kier molecular flexibility index (Phi) is 7.97. The zero-order valence-corrected chi connectivity index (χ0v) is 20.2. The monoisotopic (exact) mass is 528 g/mol. The topological polar surface area (TPSA) is 122 Å². The molecule has 2 N–H and O–H groups in total. The lowest BCUT2D eigenvalue weighted by Crippen LogP contribution is -2.44. The second kappa shape index (κ2) is 10.5. The highest BCUT2D eigenvalue weighted by Gasteiger charge is 2.35. The molecule has 0 atom stereocenters. The quantitative estimate of drug-likeness (QED) is 0.373. The zero-order valence-electron chi connectivity index (χ0n) is 17.0. The molecule has 1 aliphatic heterocycles. The molecule has 0 spiro atoms. The predicted octanol–water partition coefficient (Wildman–Crippen LogP) is 3.30. The van der Waals surface area contributed by atoms with Crippen LogP contribution in [0.3, 0.4) is 0 Å². The number of sulfonamides is 1. The molecule has 0 aliphatic carbocycles. The molecule has 2 aromatic carbocycles. The van der Waals surface area contributed by atoms with Crippen LogP contribution in [0, 0.1) is 0 Å². The van der Waals surface area contributed by atoms with Crippen molar-refractivity contribution in [3.63, 3.8) is 0 Å². The summed E-state index contributed by atoms with van der Waals surface area (Å²) < 4.78 is 35.9. The van der Waals surface area contributed by atoms with Crippen molar-refractivity contribution in [1.29, 1.82) is 0 Å². The summed E-state index contributed by atoms with van der Waals surface area (Å²) in [4.78, 5) is 25.9. The molecule has 9 nitrogen and oxygen atoms in total. The fourth-order valence-electron chi connectivity index (χ4n) is 2.63. The molecule has 1 amide bonds. The van der Waals surface area contributed by atoms with E-state index >= 15 is 0 Å². The Bertz CT molecular complexity index is 1230. The largest absolute Gasteiger partial charge is 0.490 e. The fourth-order valence-corrected chi connectivity index (χ4v) is 5.06. The van der Waals surface area contributed by atoms with Gasteiger partial charge in [-0.3, -0.25) is 4.79 Å². The number of nitrogens with zero attached hydrogens (tertiary/aromatic N) is 1. The summed E-state index contributed by atoms with van der Waals surface area (Å²) in [6.45, 7) is 1.53. The molecule has 13 heteroatoms. The minimum atomic E-state index is -4.07. The van der Waals surface area contributed by atoms with Crippen LogP contribution in [0.15, 0.2) is 52.3 Å². The number of carbonyl (C=O) groups is 2. The van der Waals surface area contributed by atoms with E-state index in [4.69, 9.17) is 38.4 Å². The maximum absolute atomic E-state index is 12.8. The Morgan fingerprint density at radius 2 is 1.91 bits per heavy atom. The smallest absolute Gasteiger partial charge is 0.341 e. The zero-order chi connectivity index (χ0) is 24.2. The van der Waals surface area contributed by atoms with Crippen molar-refractivity contribution in [2.75, 3.05) is 13.2 Å². The number of carbonyl (C=O) groups excluding carboxylic acids is 1. The number of ether oxygens (including phenoxy) is 2. The van der Waals surface area contributed by atoms with Crippen LogP contribution in [0.2, 0.25) is 5.02 Å². The highest BCUT2D eigenvalue weighted by atomic mass is 35.5. The Hall–Kier alpha value is -2.64. The molecule has 0 radical (unpaired) electrons. The van der Waals surface area contributed by atoms with Crippen molar-refractivity contribution in [3.05, 3.63) is 58.0 Å². The van der Waals surface area contributed by atoms with Gasteiger partial charge in [-0.2, -0.15) is 0 Å². The second-order valence-electron chi connectivity index (χ2n) is 6.39. The number of carboxylic acids is 1. The van der Waals surface area contributed by atoms with Crippen molar-refractivity contribution in [2.24, 2.45) is 0 Å². The summed E-state index contributed by atoms with van der Waals surface area (Å²) in [5, 5.41) is 9.95. The van der Waals surface area contributed by atoms with E-state index in [1.54, 1.807) is 19.1 Å². The third-order valence-corrected chi connectivity index (χ3v) is 6.92. The van der Waals surface area contributed by atoms with E-state index < -0.39 is 28.5 Å². The minimum Gasteiger partial charge on any atom is -0.490 e. The predicted molar refractivity (Wildman–Crippen MR) is 128 cm³/mol. The summed E-state index contributed by atoms with van der Waals surface area (Å²) in [6, 6.07) is 10.1. The lowest BCUT2D eigenvalue weighted by molar-refractivity contribution is -0.139. The van der Waals surface area contributed by atoms with Gasteiger partial charge in [-0.1, -0.05) is 41.6 Å². The minimum absolute atomic E-state index is 0.00947. The van der Waals surface area contributed by atoms with Crippen LogP contribution in [0.25, 0.3) is 6.08 Å². The number of thiocarbonyl (C=S) groups is 1. The molecule has 1 aliphatic rings. The van der Waals surface area contributed by atoms with E-state index in [1.807, 2.05) is 0 Å². The SMILES string of the molecule is CCOc1cc(/C=C2/SC(=S)N(NS(=O)(=O)c3ccc(Cl)cc3)C2=O)ccc1OCC(=O)O. The number of aliphatic carboxylic acids is 1. The second-order valence-corrected chi connectivity index (χ2v) is 10.2. The molecule has 33 heavy (non-hydrogen) atoms. The number of amides is 1. The van der Waals surface area contributed by atoms with Gasteiger partial charge in [-0.05, 0) is 55.0 Å². The van der Waals surface area contributed by atoms with Crippen molar-refractivity contribution >= 4 is 67.9 Å². The van der Waals surface area contributed by atoms with E-state index in [9.17, 15) is 18.0 Å². The summed E-state index contributed by atoms with van der Waals surface area (Å²) in [7, 11) is -4.07. The lowest BCUT2D eigenvalue weighted by atomic mass is 10.2. The summed E-state index contributed by atoms with van der Waals surface area (Å²) in [5.74, 6) is -1.25. The van der Waals surface area contributed by atoms with Gasteiger partial charge in [0.1, 0.15) is 0 Å². The maximum atomic E-state index is 12.8. The first-order chi connectivity index (χ1) is 15.6. The van der Waals surface area contributed by atoms with Gasteiger partial charge in [0.05, 0.1) is 16.4 Å². The van der Waals surface area contributed by atoms with Crippen LogP contribution in [-0.4, -0.2) is 47.9 Å².